The second-order valence-electron chi connectivity index (χ2n) is 11.1. The van der Waals surface area contributed by atoms with E-state index in [9.17, 15) is 31.9 Å². The molecule has 1 aliphatic rings. The first-order valence-electron chi connectivity index (χ1n) is 14.5. The molecule has 3 N–H and O–H groups in total. The monoisotopic (exact) mass is 636 g/mol. The van der Waals surface area contributed by atoms with E-state index in [1.54, 1.807) is 50.1 Å². The zero-order valence-electron chi connectivity index (χ0n) is 25.6. The second kappa shape index (κ2) is 12.8. The fraction of sp³-hybridized carbons (Fsp3) is 0.273. The molecule has 46 heavy (non-hydrogen) atoms. The van der Waals surface area contributed by atoms with Gasteiger partial charge in [-0.15, -0.1) is 0 Å². The lowest BCUT2D eigenvalue weighted by Crippen LogP contribution is -2.38. The summed E-state index contributed by atoms with van der Waals surface area (Å²) in [6.45, 7) is 3.36. The number of aromatic nitrogens is 2. The van der Waals surface area contributed by atoms with Crippen LogP contribution in [0.5, 0.6) is 0 Å². The van der Waals surface area contributed by atoms with Crippen molar-refractivity contribution < 1.29 is 27.2 Å². The Hall–Kier alpha value is -5.04. The minimum atomic E-state index is -4.70. The number of nitrogens with zero attached hydrogens (tertiary/aromatic N) is 3. The van der Waals surface area contributed by atoms with Crippen molar-refractivity contribution in [3.8, 4) is 11.3 Å². The van der Waals surface area contributed by atoms with E-state index in [4.69, 9.17) is 0 Å². The van der Waals surface area contributed by atoms with Crippen molar-refractivity contribution in [2.75, 3.05) is 30.9 Å². The van der Waals surface area contributed by atoms with E-state index in [2.05, 4.69) is 20.9 Å². The molecule has 2 amide bonds. The highest BCUT2D eigenvalue weighted by Crippen LogP contribution is 2.39. The summed E-state index contributed by atoms with van der Waals surface area (Å²) < 4.78 is 57.8. The maximum absolute atomic E-state index is 14.2. The molecule has 9 nitrogen and oxygen atoms in total. The van der Waals surface area contributed by atoms with Gasteiger partial charge in [0.2, 0.25) is 5.91 Å². The van der Waals surface area contributed by atoms with Gasteiger partial charge in [-0.05, 0) is 98.6 Å². The number of alkyl halides is 3. The van der Waals surface area contributed by atoms with E-state index in [1.807, 2.05) is 0 Å². The first kappa shape index (κ1) is 32.4. The van der Waals surface area contributed by atoms with Crippen LogP contribution in [0, 0.1) is 12.7 Å². The number of halogens is 4. The van der Waals surface area contributed by atoms with Gasteiger partial charge in [0.1, 0.15) is 5.82 Å². The van der Waals surface area contributed by atoms with Crippen LogP contribution >= 0.6 is 0 Å². The quantitative estimate of drug-likeness (QED) is 0.235. The fourth-order valence-corrected chi connectivity index (χ4v) is 5.43. The first-order chi connectivity index (χ1) is 21.8. The Morgan fingerprint density at radius 3 is 2.50 bits per heavy atom. The number of aryl methyl sites for hydroxylation is 1. The van der Waals surface area contributed by atoms with Crippen LogP contribution in [0.25, 0.3) is 11.3 Å². The van der Waals surface area contributed by atoms with Crippen LogP contribution in [0.3, 0.4) is 0 Å². The van der Waals surface area contributed by atoms with Gasteiger partial charge in [-0.25, -0.2) is 9.37 Å². The molecule has 1 atom stereocenters. The summed E-state index contributed by atoms with van der Waals surface area (Å²) in [5.41, 5.74) is 1.62. The molecule has 5 rings (SSSR count). The highest BCUT2D eigenvalue weighted by Gasteiger charge is 2.33. The Morgan fingerprint density at radius 1 is 1.04 bits per heavy atom. The van der Waals surface area contributed by atoms with Crippen molar-refractivity contribution in [3.05, 3.63) is 105 Å². The zero-order chi connectivity index (χ0) is 33.3. The summed E-state index contributed by atoms with van der Waals surface area (Å²) in [6.07, 6.45) is -2.92. The topological polar surface area (TPSA) is 108 Å². The number of amides is 2. The molecule has 1 aromatic heterocycles. The fourth-order valence-electron chi connectivity index (χ4n) is 5.43. The molecule has 0 radical (unpaired) electrons. The number of nitrogens with one attached hydrogen (secondary N) is 3. The van der Waals surface area contributed by atoms with E-state index in [0.29, 0.717) is 40.9 Å². The van der Waals surface area contributed by atoms with E-state index in [1.165, 1.54) is 36.0 Å². The number of fused-ring (bicyclic) bond motifs is 1. The lowest BCUT2D eigenvalue weighted by atomic mass is 10.0. The maximum Gasteiger partial charge on any atom is 0.416 e. The predicted octanol–water partition coefficient (Wildman–Crippen LogP) is 5.03. The van der Waals surface area contributed by atoms with Crippen LogP contribution in [0.2, 0.25) is 0 Å². The average Bonchev–Trinajstić information content (AvgIpc) is 3.44. The number of rotatable bonds is 8. The number of hydrogen-bond acceptors (Lipinski definition) is 6. The number of likely N-dealkylation sites (N-methyl/N-ethyl adjacent to an activating group) is 1. The summed E-state index contributed by atoms with van der Waals surface area (Å²) >= 11 is 0. The largest absolute Gasteiger partial charge is 0.416 e. The Balaban J connectivity index is 1.67. The molecule has 13 heteroatoms. The van der Waals surface area contributed by atoms with E-state index in [0.717, 1.165) is 12.1 Å². The molecular weight excluding hydrogens is 604 g/mol. The van der Waals surface area contributed by atoms with E-state index in [-0.39, 0.29) is 35.2 Å². The van der Waals surface area contributed by atoms with Gasteiger partial charge in [-0.2, -0.15) is 13.2 Å². The van der Waals surface area contributed by atoms with Gasteiger partial charge >= 0.3 is 6.18 Å². The number of hydrogen-bond donors (Lipinski definition) is 3. The first-order valence-corrected chi connectivity index (χ1v) is 14.5. The molecule has 0 saturated heterocycles. The van der Waals surface area contributed by atoms with Crippen LogP contribution in [0.15, 0.2) is 65.6 Å². The molecule has 2 heterocycles. The summed E-state index contributed by atoms with van der Waals surface area (Å²) in [5.74, 6) is -1.64. The SMILES string of the molecule is CNC(=O)c1cc(C)cc(-c2cnc(NC(=O)[C@H](C)NC)c(=O)n2Cc2cc(N3CCc4cc(F)ccc43)cc(C(F)(F)F)c2)c1. The average molecular weight is 637 g/mol. The van der Waals surface area contributed by atoms with Crippen molar-refractivity contribution in [1.82, 2.24) is 20.2 Å². The molecule has 1 aliphatic heterocycles. The van der Waals surface area contributed by atoms with Crippen LogP contribution in [0.4, 0.5) is 34.8 Å². The molecule has 4 aromatic rings. The van der Waals surface area contributed by atoms with Crippen molar-refractivity contribution in [1.29, 1.82) is 0 Å². The lowest BCUT2D eigenvalue weighted by molar-refractivity contribution is -0.137. The Labute approximate surface area is 262 Å². The van der Waals surface area contributed by atoms with Gasteiger partial charge in [0, 0.05) is 36.1 Å². The molecule has 240 valence electrons. The minimum Gasteiger partial charge on any atom is -0.355 e. The third-order valence-corrected chi connectivity index (χ3v) is 7.88. The summed E-state index contributed by atoms with van der Waals surface area (Å²) in [7, 11) is 3.05. The predicted molar refractivity (Wildman–Crippen MR) is 167 cm³/mol. The highest BCUT2D eigenvalue weighted by atomic mass is 19.4. The second-order valence-corrected chi connectivity index (χ2v) is 11.1. The van der Waals surface area contributed by atoms with Crippen LogP contribution in [-0.4, -0.2) is 48.0 Å². The summed E-state index contributed by atoms with van der Waals surface area (Å²) in [6, 6.07) is 12.0. The van der Waals surface area contributed by atoms with Crippen LogP contribution in [0.1, 0.15) is 39.5 Å². The van der Waals surface area contributed by atoms with Gasteiger partial charge < -0.3 is 20.9 Å². The standard InChI is InChI=1S/C33H32F4N6O3/c1-18-9-22(13-23(10-18)31(45)39-4)28-16-40-29(41-30(44)19(2)38-3)32(46)43(28)17-20-11-24(33(35,36)37)15-26(12-20)42-8-7-21-14-25(34)5-6-27(21)42/h5-6,9-16,19,38H,7-8,17H2,1-4H3,(H,39,45)(H,40,41,44)/t19-/m0/s1. The number of anilines is 3. The normalized spacial score (nSPS) is 13.3. The Bertz CT molecular complexity index is 1890. The van der Waals surface area contributed by atoms with Gasteiger partial charge in [0.25, 0.3) is 11.5 Å². The third-order valence-electron chi connectivity index (χ3n) is 7.88. The number of carbonyl (C=O) groups is 2. The van der Waals surface area contributed by atoms with Gasteiger partial charge in [0.05, 0.1) is 30.0 Å². The maximum atomic E-state index is 14.2. The highest BCUT2D eigenvalue weighted by molar-refractivity contribution is 5.95. The number of benzene rings is 3. The van der Waals surface area contributed by atoms with E-state index < -0.39 is 35.1 Å². The molecule has 0 fully saturated rings. The smallest absolute Gasteiger partial charge is 0.355 e. The van der Waals surface area contributed by atoms with Crippen LogP contribution < -0.4 is 26.4 Å². The molecule has 0 bridgehead atoms. The third kappa shape index (κ3) is 6.64. The van der Waals surface area contributed by atoms with E-state index >= 15 is 0 Å². The van der Waals surface area contributed by atoms with Gasteiger partial charge in [0.15, 0.2) is 5.82 Å². The van der Waals surface area contributed by atoms with Crippen LogP contribution in [-0.2, 0) is 23.9 Å². The van der Waals surface area contributed by atoms with Gasteiger partial charge in [-0.3, -0.25) is 19.0 Å². The van der Waals surface area contributed by atoms with Gasteiger partial charge in [-0.1, -0.05) is 0 Å². The Morgan fingerprint density at radius 2 is 1.80 bits per heavy atom. The van der Waals surface area contributed by atoms with Crippen molar-refractivity contribution >= 4 is 29.0 Å². The molecule has 0 unspecified atom stereocenters. The minimum absolute atomic E-state index is 0.148. The summed E-state index contributed by atoms with van der Waals surface area (Å²) in [5, 5.41) is 7.82. The summed E-state index contributed by atoms with van der Waals surface area (Å²) in [4.78, 5) is 44.9. The van der Waals surface area contributed by atoms with Crippen molar-refractivity contribution in [3.63, 3.8) is 0 Å². The molecule has 3 aromatic carbocycles. The van der Waals surface area contributed by atoms with Crippen molar-refractivity contribution in [2.24, 2.45) is 0 Å². The molecular formula is C33H32F4N6O3. The Kier molecular flexibility index (Phi) is 8.97. The molecule has 0 spiro atoms. The lowest BCUT2D eigenvalue weighted by Gasteiger charge is -2.23. The van der Waals surface area contributed by atoms with Crippen molar-refractivity contribution in [2.45, 2.75) is 39.0 Å². The molecule has 0 aliphatic carbocycles. The zero-order valence-corrected chi connectivity index (χ0v) is 25.6. The molecule has 0 saturated carbocycles. The number of carbonyl (C=O) groups excluding carboxylic acids is 2.